The zero-order chi connectivity index (χ0) is 17.8. The van der Waals surface area contributed by atoms with Crippen LogP contribution in [-0.2, 0) is 14.2 Å². The summed E-state index contributed by atoms with van der Waals surface area (Å²) in [6, 6.07) is 0. The van der Waals surface area contributed by atoms with Crippen molar-refractivity contribution in [2.24, 2.45) is 34.5 Å². The number of rotatable bonds is 3. The number of ether oxygens (including phenoxy) is 3. The molecule has 4 saturated carbocycles. The summed E-state index contributed by atoms with van der Waals surface area (Å²) < 4.78 is 17.6. The average Bonchev–Trinajstić information content (AvgIpc) is 2.92. The van der Waals surface area contributed by atoms with E-state index in [4.69, 9.17) is 14.2 Å². The Hall–Kier alpha value is -0.120. The SMILES string of the molecule is COC1CC[C@@]2(C)C(CC[C@@H]3[C@H]2CC[C@]2(C)C(OC)C(OC)C[C@@H]32)C1. The molecule has 0 radical (unpaired) electrons. The number of fused-ring (bicyclic) bond motifs is 5. The summed E-state index contributed by atoms with van der Waals surface area (Å²) in [5, 5.41) is 0. The van der Waals surface area contributed by atoms with Crippen LogP contribution in [0.15, 0.2) is 0 Å². The lowest BCUT2D eigenvalue weighted by Gasteiger charge is -2.60. The van der Waals surface area contributed by atoms with Crippen molar-refractivity contribution in [1.82, 2.24) is 0 Å². The van der Waals surface area contributed by atoms with E-state index in [2.05, 4.69) is 13.8 Å². The fourth-order valence-electron chi connectivity index (χ4n) is 8.02. The molecule has 3 heteroatoms. The molecule has 0 saturated heterocycles. The van der Waals surface area contributed by atoms with Crippen molar-refractivity contribution in [2.75, 3.05) is 21.3 Å². The van der Waals surface area contributed by atoms with Gasteiger partial charge in [-0.15, -0.1) is 0 Å². The molecule has 144 valence electrons. The van der Waals surface area contributed by atoms with Crippen molar-refractivity contribution >= 4 is 0 Å². The highest BCUT2D eigenvalue weighted by atomic mass is 16.5. The van der Waals surface area contributed by atoms with Gasteiger partial charge in [0.25, 0.3) is 0 Å². The monoisotopic (exact) mass is 350 g/mol. The minimum Gasteiger partial charge on any atom is -0.381 e. The van der Waals surface area contributed by atoms with Crippen molar-refractivity contribution in [3.05, 3.63) is 0 Å². The zero-order valence-corrected chi connectivity index (χ0v) is 16.9. The van der Waals surface area contributed by atoms with Crippen LogP contribution in [0.5, 0.6) is 0 Å². The first-order valence-corrected chi connectivity index (χ1v) is 10.6. The predicted molar refractivity (Wildman–Crippen MR) is 99.5 cm³/mol. The summed E-state index contributed by atoms with van der Waals surface area (Å²) in [5.74, 6) is 3.42. The van der Waals surface area contributed by atoms with Crippen LogP contribution in [0.1, 0.15) is 65.2 Å². The summed E-state index contributed by atoms with van der Waals surface area (Å²) >= 11 is 0. The van der Waals surface area contributed by atoms with E-state index in [1.165, 1.54) is 51.4 Å². The molecule has 4 unspecified atom stereocenters. The maximum Gasteiger partial charge on any atom is 0.0888 e. The number of hydrogen-bond acceptors (Lipinski definition) is 3. The Bertz CT molecular complexity index is 494. The second kappa shape index (κ2) is 6.49. The van der Waals surface area contributed by atoms with Gasteiger partial charge in [-0.05, 0) is 85.9 Å². The van der Waals surface area contributed by atoms with Gasteiger partial charge < -0.3 is 14.2 Å². The van der Waals surface area contributed by atoms with Crippen LogP contribution < -0.4 is 0 Å². The third-order valence-corrected chi connectivity index (χ3v) is 9.42. The van der Waals surface area contributed by atoms with Crippen LogP contribution >= 0.6 is 0 Å². The maximum atomic E-state index is 5.99. The summed E-state index contributed by atoms with van der Waals surface area (Å²) in [4.78, 5) is 0. The van der Waals surface area contributed by atoms with Crippen LogP contribution in [0.2, 0.25) is 0 Å². The summed E-state index contributed by atoms with van der Waals surface area (Å²) in [7, 11) is 5.67. The Balaban J connectivity index is 1.59. The highest BCUT2D eigenvalue weighted by molar-refractivity contribution is 5.12. The van der Waals surface area contributed by atoms with Gasteiger partial charge in [-0.2, -0.15) is 0 Å². The normalized spacial score (nSPS) is 55.3. The van der Waals surface area contributed by atoms with Gasteiger partial charge in [0.05, 0.1) is 18.3 Å². The summed E-state index contributed by atoms with van der Waals surface area (Å²) in [6.07, 6.45) is 11.7. The van der Waals surface area contributed by atoms with Crippen molar-refractivity contribution in [1.29, 1.82) is 0 Å². The molecule has 25 heavy (non-hydrogen) atoms. The van der Waals surface area contributed by atoms with Gasteiger partial charge >= 0.3 is 0 Å². The fourth-order valence-corrected chi connectivity index (χ4v) is 8.02. The quantitative estimate of drug-likeness (QED) is 0.739. The molecule has 4 fully saturated rings. The predicted octanol–water partition coefficient (Wildman–Crippen LogP) is 4.68. The molecule has 0 N–H and O–H groups in total. The zero-order valence-electron chi connectivity index (χ0n) is 16.9. The van der Waals surface area contributed by atoms with Crippen LogP contribution in [-0.4, -0.2) is 39.6 Å². The van der Waals surface area contributed by atoms with Gasteiger partial charge in [-0.3, -0.25) is 0 Å². The van der Waals surface area contributed by atoms with Crippen molar-refractivity contribution < 1.29 is 14.2 Å². The summed E-state index contributed by atoms with van der Waals surface area (Å²) in [6.45, 7) is 5.12. The lowest BCUT2D eigenvalue weighted by atomic mass is 9.45. The lowest BCUT2D eigenvalue weighted by Crippen LogP contribution is -2.54. The van der Waals surface area contributed by atoms with Gasteiger partial charge in [-0.25, -0.2) is 0 Å². The van der Waals surface area contributed by atoms with E-state index >= 15 is 0 Å². The van der Waals surface area contributed by atoms with E-state index in [0.717, 1.165) is 23.7 Å². The Kier molecular flexibility index (Phi) is 4.74. The number of hydrogen-bond donors (Lipinski definition) is 0. The molecule has 0 heterocycles. The van der Waals surface area contributed by atoms with Crippen molar-refractivity contribution in [2.45, 2.75) is 83.5 Å². The van der Waals surface area contributed by atoms with E-state index in [-0.39, 0.29) is 12.2 Å². The first kappa shape index (κ1) is 18.3. The second-order valence-corrected chi connectivity index (χ2v) is 10.00. The Morgan fingerprint density at radius 1 is 0.720 bits per heavy atom. The average molecular weight is 351 g/mol. The van der Waals surface area contributed by atoms with Crippen LogP contribution in [0.3, 0.4) is 0 Å². The third kappa shape index (κ3) is 2.56. The van der Waals surface area contributed by atoms with Crippen LogP contribution in [0, 0.1) is 34.5 Å². The summed E-state index contributed by atoms with van der Waals surface area (Å²) in [5.41, 5.74) is 0.844. The van der Waals surface area contributed by atoms with Gasteiger partial charge in [0.1, 0.15) is 0 Å². The highest BCUT2D eigenvalue weighted by Crippen LogP contribution is 2.66. The fraction of sp³-hybridized carbons (Fsp3) is 1.00. The molecule has 0 spiro atoms. The van der Waals surface area contributed by atoms with E-state index in [9.17, 15) is 0 Å². The molecule has 0 aliphatic heterocycles. The molecule has 0 amide bonds. The second-order valence-electron chi connectivity index (χ2n) is 10.00. The Morgan fingerprint density at radius 2 is 1.48 bits per heavy atom. The van der Waals surface area contributed by atoms with Gasteiger partial charge in [0.15, 0.2) is 0 Å². The van der Waals surface area contributed by atoms with E-state index in [1.54, 1.807) is 0 Å². The van der Waals surface area contributed by atoms with Crippen molar-refractivity contribution in [3.8, 4) is 0 Å². The largest absolute Gasteiger partial charge is 0.381 e. The first-order valence-electron chi connectivity index (χ1n) is 10.6. The molecular formula is C22H38O3. The Morgan fingerprint density at radius 3 is 2.16 bits per heavy atom. The van der Waals surface area contributed by atoms with E-state index < -0.39 is 0 Å². The van der Waals surface area contributed by atoms with Crippen LogP contribution in [0.4, 0.5) is 0 Å². The molecule has 9 atom stereocenters. The Labute approximate surface area is 154 Å². The van der Waals surface area contributed by atoms with Gasteiger partial charge in [0, 0.05) is 21.3 Å². The first-order chi connectivity index (χ1) is 12.0. The molecule has 0 aromatic heterocycles. The molecule has 4 aliphatic rings. The molecular weight excluding hydrogens is 312 g/mol. The molecule has 4 aliphatic carbocycles. The third-order valence-electron chi connectivity index (χ3n) is 9.42. The van der Waals surface area contributed by atoms with E-state index in [1.807, 2.05) is 21.3 Å². The molecule has 3 nitrogen and oxygen atoms in total. The van der Waals surface area contributed by atoms with Crippen molar-refractivity contribution in [3.63, 3.8) is 0 Å². The highest BCUT2D eigenvalue weighted by Gasteiger charge is 2.62. The molecule has 4 rings (SSSR count). The van der Waals surface area contributed by atoms with Crippen LogP contribution in [0.25, 0.3) is 0 Å². The minimum absolute atomic E-state index is 0.276. The molecule has 0 aromatic rings. The van der Waals surface area contributed by atoms with Gasteiger partial charge in [-0.1, -0.05) is 13.8 Å². The minimum atomic E-state index is 0.276. The number of methoxy groups -OCH3 is 3. The maximum absolute atomic E-state index is 5.99. The smallest absolute Gasteiger partial charge is 0.0888 e. The van der Waals surface area contributed by atoms with Gasteiger partial charge in [0.2, 0.25) is 0 Å². The topological polar surface area (TPSA) is 27.7 Å². The molecule has 0 bridgehead atoms. The van der Waals surface area contributed by atoms with E-state index in [0.29, 0.717) is 16.9 Å². The molecule has 0 aromatic carbocycles. The standard InChI is InChI=1S/C22H38O3/c1-21-10-8-15(23-3)12-14(21)6-7-16-17(21)9-11-22(2)18(16)13-19(24-4)20(22)25-5/h14-20H,6-13H2,1-5H3/t14?,15?,16-,17-,18+,19?,20?,21+,22+/m1/s1. The lowest BCUT2D eigenvalue weighted by molar-refractivity contribution is -0.144.